The van der Waals surface area contributed by atoms with Crippen LogP contribution in [0.5, 0.6) is 0 Å². The van der Waals surface area contributed by atoms with E-state index < -0.39 is 0 Å². The second kappa shape index (κ2) is 5.83. The lowest BCUT2D eigenvalue weighted by Crippen LogP contribution is -2.23. The van der Waals surface area contributed by atoms with Crippen molar-refractivity contribution < 1.29 is 5.11 Å². The first-order valence-electron chi connectivity index (χ1n) is 5.82. The molecule has 0 saturated carbocycles. The molecule has 0 aliphatic heterocycles. The number of hydrogen-bond donors (Lipinski definition) is 1. The first kappa shape index (κ1) is 13.5. The Morgan fingerprint density at radius 3 is 2.89 bits per heavy atom. The zero-order valence-electron chi connectivity index (χ0n) is 10.8. The Hall–Kier alpha value is -1.90. The molecule has 2 heterocycles. The molecule has 0 fully saturated rings. The minimum Gasteiger partial charge on any atom is -0.384 e. The number of thiophene rings is 1. The zero-order valence-corrected chi connectivity index (χ0v) is 11.6. The van der Waals surface area contributed by atoms with Gasteiger partial charge >= 0.3 is 0 Å². The lowest BCUT2D eigenvalue weighted by molar-refractivity contribution is 0.350. The zero-order chi connectivity index (χ0) is 13.8. The van der Waals surface area contributed by atoms with Crippen LogP contribution in [-0.4, -0.2) is 21.3 Å². The van der Waals surface area contributed by atoms with Gasteiger partial charge in [-0.15, -0.1) is 11.3 Å². The minimum absolute atomic E-state index is 0.0404. The third-order valence-corrected chi connectivity index (χ3v) is 3.53. The number of aliphatic hydroxyl groups excluding tert-OH is 1. The molecule has 0 unspecified atom stereocenters. The van der Waals surface area contributed by atoms with Crippen molar-refractivity contribution in [2.45, 2.75) is 20.4 Å². The Bertz CT molecular complexity index is 704. The number of rotatable bonds is 2. The maximum atomic E-state index is 11.9. The fourth-order valence-corrected chi connectivity index (χ4v) is 2.59. The molecule has 5 heteroatoms. The summed E-state index contributed by atoms with van der Waals surface area (Å²) in [5, 5.41) is 10.6. The van der Waals surface area contributed by atoms with Crippen molar-refractivity contribution in [3.05, 3.63) is 49.8 Å². The molecule has 0 amide bonds. The molecule has 98 valence electrons. The molecule has 0 aliphatic rings. The van der Waals surface area contributed by atoms with Crippen molar-refractivity contribution in [2.24, 2.45) is 0 Å². The van der Waals surface area contributed by atoms with Crippen LogP contribution >= 0.6 is 11.3 Å². The summed E-state index contributed by atoms with van der Waals surface area (Å²) in [5.74, 6) is 6.16. The molecule has 0 spiro atoms. The normalized spacial score (nSPS) is 10.1. The summed E-state index contributed by atoms with van der Waals surface area (Å²) < 4.78 is 1.64. The average Bonchev–Trinajstić information content (AvgIpc) is 2.79. The number of hydrogen-bond acceptors (Lipinski definition) is 4. The largest absolute Gasteiger partial charge is 0.384 e. The van der Waals surface area contributed by atoms with Crippen LogP contribution in [0.4, 0.5) is 0 Å². The summed E-state index contributed by atoms with van der Waals surface area (Å²) in [5.41, 5.74) is 1.56. The Morgan fingerprint density at radius 2 is 2.21 bits per heavy atom. The quantitative estimate of drug-likeness (QED) is 0.840. The smallest absolute Gasteiger partial charge is 0.254 e. The number of aryl methyl sites for hydroxylation is 2. The molecule has 0 atom stereocenters. The van der Waals surface area contributed by atoms with E-state index in [4.69, 9.17) is 5.11 Å². The molecule has 2 rings (SSSR count). The van der Waals surface area contributed by atoms with E-state index in [0.717, 1.165) is 16.1 Å². The van der Waals surface area contributed by atoms with Crippen LogP contribution < -0.4 is 5.56 Å². The molecule has 4 nitrogen and oxygen atoms in total. The first-order chi connectivity index (χ1) is 9.10. The molecule has 19 heavy (non-hydrogen) atoms. The van der Waals surface area contributed by atoms with Gasteiger partial charge in [0.2, 0.25) is 0 Å². The van der Waals surface area contributed by atoms with Gasteiger partial charge < -0.3 is 5.11 Å². The van der Waals surface area contributed by atoms with Crippen molar-refractivity contribution >= 4 is 11.3 Å². The summed E-state index contributed by atoms with van der Waals surface area (Å²) in [6.07, 6.45) is 0. The highest BCUT2D eigenvalue weighted by Gasteiger charge is 2.05. The van der Waals surface area contributed by atoms with E-state index in [1.165, 1.54) is 6.07 Å². The Labute approximate surface area is 115 Å². The van der Waals surface area contributed by atoms with Crippen LogP contribution in [0.3, 0.4) is 0 Å². The van der Waals surface area contributed by atoms with Crippen molar-refractivity contribution in [2.75, 3.05) is 6.61 Å². The second-order valence-corrected chi connectivity index (χ2v) is 5.13. The van der Waals surface area contributed by atoms with E-state index in [2.05, 4.69) is 16.8 Å². The summed E-state index contributed by atoms with van der Waals surface area (Å²) in [4.78, 5) is 17.2. The van der Waals surface area contributed by atoms with E-state index in [1.807, 2.05) is 25.3 Å². The molecule has 1 N–H and O–H groups in total. The minimum atomic E-state index is -0.147. The van der Waals surface area contributed by atoms with Gasteiger partial charge in [0.25, 0.3) is 5.56 Å². The van der Waals surface area contributed by atoms with Gasteiger partial charge in [-0.05, 0) is 19.9 Å². The van der Waals surface area contributed by atoms with E-state index in [1.54, 1.807) is 15.9 Å². The fraction of sp³-hybridized carbons (Fsp3) is 0.286. The third kappa shape index (κ3) is 3.31. The monoisotopic (exact) mass is 274 g/mol. The summed E-state index contributed by atoms with van der Waals surface area (Å²) in [7, 11) is 0. The van der Waals surface area contributed by atoms with Crippen molar-refractivity contribution in [1.29, 1.82) is 0 Å². The Balaban J connectivity index is 2.27. The fourth-order valence-electron chi connectivity index (χ4n) is 1.78. The highest BCUT2D eigenvalue weighted by atomic mass is 32.1. The van der Waals surface area contributed by atoms with E-state index in [9.17, 15) is 4.79 Å². The Morgan fingerprint density at radius 1 is 1.42 bits per heavy atom. The second-order valence-electron chi connectivity index (χ2n) is 4.13. The number of aliphatic hydroxyl groups is 1. The van der Waals surface area contributed by atoms with E-state index >= 15 is 0 Å². The Kier molecular flexibility index (Phi) is 4.15. The molecule has 0 saturated heterocycles. The van der Waals surface area contributed by atoms with E-state index in [0.29, 0.717) is 12.4 Å². The summed E-state index contributed by atoms with van der Waals surface area (Å²) in [6, 6.07) is 3.46. The van der Waals surface area contributed by atoms with Crippen LogP contribution in [-0.2, 0) is 6.54 Å². The maximum Gasteiger partial charge on any atom is 0.254 e. The van der Waals surface area contributed by atoms with Gasteiger partial charge in [0.15, 0.2) is 0 Å². The molecule has 0 bridgehead atoms. The highest BCUT2D eigenvalue weighted by molar-refractivity contribution is 7.10. The molecule has 0 radical (unpaired) electrons. The number of nitrogens with zero attached hydrogens (tertiary/aromatic N) is 2. The lowest BCUT2D eigenvalue weighted by atomic mass is 10.3. The molecular formula is C14H14N2O2S. The van der Waals surface area contributed by atoms with E-state index in [-0.39, 0.29) is 12.2 Å². The average molecular weight is 274 g/mol. The molecule has 2 aromatic rings. The van der Waals surface area contributed by atoms with Crippen LogP contribution in [0, 0.1) is 25.7 Å². The lowest BCUT2D eigenvalue weighted by Gasteiger charge is -2.07. The predicted molar refractivity (Wildman–Crippen MR) is 75.4 cm³/mol. The van der Waals surface area contributed by atoms with Gasteiger partial charge in [0.1, 0.15) is 12.4 Å². The first-order valence-corrected chi connectivity index (χ1v) is 6.70. The van der Waals surface area contributed by atoms with Crippen LogP contribution in [0.15, 0.2) is 22.3 Å². The van der Waals surface area contributed by atoms with Crippen molar-refractivity contribution in [3.63, 3.8) is 0 Å². The molecular weight excluding hydrogens is 260 g/mol. The van der Waals surface area contributed by atoms with Crippen molar-refractivity contribution in [3.8, 4) is 11.8 Å². The van der Waals surface area contributed by atoms with Gasteiger partial charge in [0, 0.05) is 27.6 Å². The van der Waals surface area contributed by atoms with Gasteiger partial charge in [-0.3, -0.25) is 9.36 Å². The topological polar surface area (TPSA) is 55.1 Å². The van der Waals surface area contributed by atoms with Gasteiger partial charge in [-0.25, -0.2) is 4.98 Å². The molecule has 0 aromatic carbocycles. The van der Waals surface area contributed by atoms with Crippen molar-refractivity contribution in [1.82, 2.24) is 9.55 Å². The third-order valence-electron chi connectivity index (χ3n) is 2.61. The SMILES string of the molecule is Cc1cc(=O)n(Cc2cc(C#CCO)cs2)c(C)n1. The van der Waals surface area contributed by atoms with Crippen LogP contribution in [0.1, 0.15) is 22.0 Å². The van der Waals surface area contributed by atoms with Gasteiger partial charge in [0.05, 0.1) is 6.54 Å². The van der Waals surface area contributed by atoms with Crippen LogP contribution in [0.25, 0.3) is 0 Å². The summed E-state index contributed by atoms with van der Waals surface area (Å²) in [6.45, 7) is 4.00. The maximum absolute atomic E-state index is 11.9. The number of aromatic nitrogens is 2. The van der Waals surface area contributed by atoms with Gasteiger partial charge in [-0.1, -0.05) is 11.8 Å². The summed E-state index contributed by atoms with van der Waals surface area (Å²) >= 11 is 1.54. The predicted octanol–water partition coefficient (Wildman–Crippen LogP) is 1.31. The molecule has 0 aliphatic carbocycles. The van der Waals surface area contributed by atoms with Gasteiger partial charge in [-0.2, -0.15) is 0 Å². The standard InChI is InChI=1S/C14H14N2O2S/c1-10-6-14(18)16(11(2)15-10)8-13-7-12(9-19-13)4-3-5-17/h6-7,9,17H,5,8H2,1-2H3. The van der Waals surface area contributed by atoms with Crippen LogP contribution in [0.2, 0.25) is 0 Å². The molecule has 2 aromatic heterocycles. The highest BCUT2D eigenvalue weighted by Crippen LogP contribution is 2.15.